The molecule has 1 fully saturated rings. The largest absolute Gasteiger partial charge is 0.465 e. The summed E-state index contributed by atoms with van der Waals surface area (Å²) in [6.07, 6.45) is 0.638. The number of pyridine rings is 1. The molecule has 24 heavy (non-hydrogen) atoms. The molecule has 2 aromatic heterocycles. The van der Waals surface area contributed by atoms with E-state index in [1.807, 2.05) is 0 Å². The molecular weight excluding hydrogens is 341 g/mol. The summed E-state index contributed by atoms with van der Waals surface area (Å²) in [6.45, 7) is 1.19. The molecule has 3 heterocycles. The fourth-order valence-electron chi connectivity index (χ4n) is 2.22. The van der Waals surface area contributed by atoms with Gasteiger partial charge in [-0.3, -0.25) is 0 Å². The Labute approximate surface area is 141 Å². The first-order valence-electron chi connectivity index (χ1n) is 7.25. The van der Waals surface area contributed by atoms with Gasteiger partial charge in [-0.1, -0.05) is 11.6 Å². The maximum Gasteiger partial charge on any atom is 0.407 e. The van der Waals surface area contributed by atoms with Crippen LogP contribution in [0.2, 0.25) is 5.15 Å². The molecule has 1 amide bonds. The summed E-state index contributed by atoms with van der Waals surface area (Å²) in [5, 5.41) is 17.4. The van der Waals surface area contributed by atoms with Crippen LogP contribution in [0.3, 0.4) is 0 Å². The van der Waals surface area contributed by atoms with Gasteiger partial charge in [0.2, 0.25) is 0 Å². The number of rotatable bonds is 5. The first-order chi connectivity index (χ1) is 11.5. The summed E-state index contributed by atoms with van der Waals surface area (Å²) in [7, 11) is 1.45. The van der Waals surface area contributed by atoms with E-state index in [0.717, 1.165) is 4.90 Å². The van der Waals surface area contributed by atoms with Crippen LogP contribution >= 0.6 is 11.6 Å². The van der Waals surface area contributed by atoms with Gasteiger partial charge in [0.15, 0.2) is 11.0 Å². The average Bonchev–Trinajstić information content (AvgIpc) is 2.89. The molecule has 0 aliphatic carbocycles. The zero-order chi connectivity index (χ0) is 17.3. The van der Waals surface area contributed by atoms with Gasteiger partial charge < -0.3 is 14.7 Å². The van der Waals surface area contributed by atoms with Crippen molar-refractivity contribution in [1.82, 2.24) is 24.9 Å². The van der Waals surface area contributed by atoms with Gasteiger partial charge in [-0.25, -0.2) is 14.2 Å². The molecule has 0 spiro atoms. The quantitative estimate of drug-likeness (QED) is 0.823. The van der Waals surface area contributed by atoms with Gasteiger partial charge in [-0.05, 0) is 6.07 Å². The number of likely N-dealkylation sites (N-methyl/N-ethyl adjacent to an activating group) is 1. The standard InChI is InChI=1S/C14H15ClFN5O3/c1-20(14(22)23)5-3-10-12(9-2-4-17-13(15)11(9)16)19-21(18-10)8-6-24-7-8/h2,4,8H,3,5-7H2,1H3,(H,22,23). The molecule has 0 unspecified atom stereocenters. The topological polar surface area (TPSA) is 93.4 Å². The van der Waals surface area contributed by atoms with Crippen LogP contribution in [-0.4, -0.2) is 62.9 Å². The van der Waals surface area contributed by atoms with Crippen LogP contribution in [0.5, 0.6) is 0 Å². The van der Waals surface area contributed by atoms with E-state index in [1.165, 1.54) is 24.1 Å². The third-order valence-electron chi connectivity index (χ3n) is 3.76. The highest BCUT2D eigenvalue weighted by Crippen LogP contribution is 2.28. The van der Waals surface area contributed by atoms with E-state index in [0.29, 0.717) is 31.0 Å². The second-order valence-corrected chi connectivity index (χ2v) is 5.78. The lowest BCUT2D eigenvalue weighted by Gasteiger charge is -2.24. The number of nitrogens with zero attached hydrogens (tertiary/aromatic N) is 5. The smallest absolute Gasteiger partial charge is 0.407 e. The minimum atomic E-state index is -1.05. The van der Waals surface area contributed by atoms with Gasteiger partial charge in [0, 0.05) is 31.8 Å². The lowest BCUT2D eigenvalue weighted by molar-refractivity contribution is -0.0348. The zero-order valence-corrected chi connectivity index (χ0v) is 13.6. The Bertz CT molecular complexity index is 765. The fraction of sp³-hybridized carbons (Fsp3) is 0.429. The van der Waals surface area contributed by atoms with Gasteiger partial charge in [0.25, 0.3) is 0 Å². The Morgan fingerprint density at radius 3 is 2.92 bits per heavy atom. The van der Waals surface area contributed by atoms with E-state index in [2.05, 4.69) is 15.2 Å². The predicted molar refractivity (Wildman–Crippen MR) is 82.4 cm³/mol. The van der Waals surface area contributed by atoms with Crippen LogP contribution in [-0.2, 0) is 11.2 Å². The summed E-state index contributed by atoms with van der Waals surface area (Å²) in [5.74, 6) is -0.677. The highest BCUT2D eigenvalue weighted by molar-refractivity contribution is 6.29. The van der Waals surface area contributed by atoms with E-state index in [4.69, 9.17) is 21.4 Å². The molecule has 3 rings (SSSR count). The highest BCUT2D eigenvalue weighted by Gasteiger charge is 2.26. The Kier molecular flexibility index (Phi) is 4.63. The molecule has 8 nitrogen and oxygen atoms in total. The number of amides is 1. The van der Waals surface area contributed by atoms with Crippen LogP contribution in [0.25, 0.3) is 11.3 Å². The first-order valence-corrected chi connectivity index (χ1v) is 7.63. The Morgan fingerprint density at radius 2 is 2.29 bits per heavy atom. The van der Waals surface area contributed by atoms with E-state index < -0.39 is 11.9 Å². The number of ether oxygens (including phenoxy) is 1. The number of hydrogen-bond acceptors (Lipinski definition) is 5. The van der Waals surface area contributed by atoms with Crippen molar-refractivity contribution in [3.8, 4) is 11.3 Å². The average molecular weight is 356 g/mol. The molecule has 0 aromatic carbocycles. The van der Waals surface area contributed by atoms with Gasteiger partial charge in [0.05, 0.1) is 18.9 Å². The lowest BCUT2D eigenvalue weighted by Crippen LogP contribution is -2.32. The SMILES string of the molecule is CN(CCc1nn(C2COC2)nc1-c1ccnc(Cl)c1F)C(=O)O. The maximum absolute atomic E-state index is 14.3. The maximum atomic E-state index is 14.3. The van der Waals surface area contributed by atoms with Crippen molar-refractivity contribution >= 4 is 17.7 Å². The number of hydrogen-bond donors (Lipinski definition) is 1. The number of carbonyl (C=O) groups is 1. The van der Waals surface area contributed by atoms with Crippen LogP contribution in [0.15, 0.2) is 12.3 Å². The highest BCUT2D eigenvalue weighted by atomic mass is 35.5. The lowest BCUT2D eigenvalue weighted by atomic mass is 10.1. The Morgan fingerprint density at radius 1 is 1.54 bits per heavy atom. The molecule has 0 radical (unpaired) electrons. The molecule has 0 saturated carbocycles. The minimum Gasteiger partial charge on any atom is -0.465 e. The van der Waals surface area contributed by atoms with E-state index in [9.17, 15) is 9.18 Å². The molecule has 0 atom stereocenters. The van der Waals surface area contributed by atoms with Crippen molar-refractivity contribution in [2.24, 2.45) is 0 Å². The van der Waals surface area contributed by atoms with Crippen molar-refractivity contribution in [1.29, 1.82) is 0 Å². The molecule has 1 aliphatic heterocycles. The molecule has 2 aromatic rings. The summed E-state index contributed by atoms with van der Waals surface area (Å²) in [5.41, 5.74) is 1.02. The van der Waals surface area contributed by atoms with Crippen LogP contribution in [0, 0.1) is 5.82 Å². The van der Waals surface area contributed by atoms with E-state index in [-0.39, 0.29) is 23.3 Å². The Balaban J connectivity index is 1.94. The molecular formula is C14H15ClFN5O3. The molecule has 0 bridgehead atoms. The van der Waals surface area contributed by atoms with Crippen molar-refractivity contribution in [2.75, 3.05) is 26.8 Å². The third-order valence-corrected chi connectivity index (χ3v) is 4.02. The third kappa shape index (κ3) is 3.17. The van der Waals surface area contributed by atoms with Gasteiger partial charge in [-0.15, -0.1) is 0 Å². The molecule has 1 saturated heterocycles. The van der Waals surface area contributed by atoms with Crippen molar-refractivity contribution in [3.63, 3.8) is 0 Å². The monoisotopic (exact) mass is 355 g/mol. The second kappa shape index (κ2) is 6.70. The summed E-state index contributed by atoms with van der Waals surface area (Å²) in [6, 6.07) is 1.46. The summed E-state index contributed by atoms with van der Waals surface area (Å²) in [4.78, 5) is 17.2. The predicted octanol–water partition coefficient (Wildman–Crippen LogP) is 1.86. The number of carboxylic acid groups (broad SMARTS) is 1. The van der Waals surface area contributed by atoms with E-state index in [1.54, 1.807) is 0 Å². The zero-order valence-electron chi connectivity index (χ0n) is 12.8. The molecule has 1 N–H and O–H groups in total. The molecule has 128 valence electrons. The number of halogens is 2. The minimum absolute atomic E-state index is 0.00456. The van der Waals surface area contributed by atoms with Crippen LogP contribution in [0.4, 0.5) is 9.18 Å². The summed E-state index contributed by atoms with van der Waals surface area (Å²) >= 11 is 5.75. The van der Waals surface area contributed by atoms with Crippen molar-refractivity contribution in [3.05, 3.63) is 28.9 Å². The van der Waals surface area contributed by atoms with Crippen LogP contribution < -0.4 is 0 Å². The Hall–Kier alpha value is -2.26. The van der Waals surface area contributed by atoms with Gasteiger partial charge in [-0.2, -0.15) is 15.0 Å². The molecule has 10 heteroatoms. The van der Waals surface area contributed by atoms with Gasteiger partial charge in [0.1, 0.15) is 11.7 Å². The summed E-state index contributed by atoms with van der Waals surface area (Å²) < 4.78 is 19.4. The molecule has 1 aliphatic rings. The second-order valence-electron chi connectivity index (χ2n) is 5.42. The van der Waals surface area contributed by atoms with Gasteiger partial charge >= 0.3 is 6.09 Å². The first kappa shape index (κ1) is 16.6. The number of aromatic nitrogens is 4. The van der Waals surface area contributed by atoms with Crippen molar-refractivity contribution in [2.45, 2.75) is 12.5 Å². The fourth-order valence-corrected chi connectivity index (χ4v) is 2.38. The van der Waals surface area contributed by atoms with Crippen molar-refractivity contribution < 1.29 is 19.0 Å². The van der Waals surface area contributed by atoms with E-state index >= 15 is 0 Å². The van der Waals surface area contributed by atoms with Crippen LogP contribution in [0.1, 0.15) is 11.7 Å². The normalized spacial score (nSPS) is 14.5.